The van der Waals surface area contributed by atoms with E-state index < -0.39 is 5.92 Å². The number of carbonyl (C=O) groups is 1. The van der Waals surface area contributed by atoms with Crippen LogP contribution in [-0.4, -0.2) is 59.2 Å². The number of methoxy groups -OCH3 is 1. The van der Waals surface area contributed by atoms with Gasteiger partial charge < -0.3 is 19.3 Å². The molecule has 3 heterocycles. The molecule has 2 aliphatic heterocycles. The molecule has 5 rings (SSSR count). The molecule has 1 saturated heterocycles. The molecule has 1 fully saturated rings. The molecular weight excluding hydrogens is 442 g/mol. The van der Waals surface area contributed by atoms with Crippen molar-refractivity contribution < 1.29 is 14.6 Å². The first kappa shape index (κ1) is 23.8. The van der Waals surface area contributed by atoms with Gasteiger partial charge in [-0.05, 0) is 49.5 Å². The van der Waals surface area contributed by atoms with Crippen LogP contribution in [0.4, 0.5) is 0 Å². The second kappa shape index (κ2) is 9.63. The van der Waals surface area contributed by atoms with Gasteiger partial charge >= 0.3 is 0 Å². The van der Waals surface area contributed by atoms with E-state index in [1.807, 2.05) is 41.0 Å². The lowest BCUT2D eigenvalue weighted by Gasteiger charge is -2.38. The van der Waals surface area contributed by atoms with Gasteiger partial charge in [0.1, 0.15) is 5.75 Å². The van der Waals surface area contributed by atoms with Crippen molar-refractivity contribution in [3.8, 4) is 5.75 Å². The van der Waals surface area contributed by atoms with Crippen molar-refractivity contribution in [3.05, 3.63) is 69.6 Å². The van der Waals surface area contributed by atoms with Gasteiger partial charge in [0.25, 0.3) is 5.56 Å². The number of carbonyl (C=O) groups excluding carboxylic acids is 1. The van der Waals surface area contributed by atoms with Crippen LogP contribution in [0.2, 0.25) is 0 Å². The van der Waals surface area contributed by atoms with E-state index in [9.17, 15) is 14.7 Å². The number of benzene rings is 1. The van der Waals surface area contributed by atoms with Gasteiger partial charge in [-0.2, -0.15) is 0 Å². The number of aliphatic hydroxyl groups excluding tert-OH is 1. The minimum atomic E-state index is -0.428. The van der Waals surface area contributed by atoms with E-state index >= 15 is 0 Å². The van der Waals surface area contributed by atoms with Crippen LogP contribution in [0.15, 0.2) is 47.3 Å². The molecule has 7 heteroatoms. The Kier molecular flexibility index (Phi) is 6.55. The number of fused-ring (bicyclic) bond motifs is 4. The zero-order valence-electron chi connectivity index (χ0n) is 20.8. The van der Waals surface area contributed by atoms with Crippen molar-refractivity contribution in [2.75, 3.05) is 27.8 Å². The molecule has 7 nitrogen and oxygen atoms in total. The highest BCUT2D eigenvalue weighted by Crippen LogP contribution is 2.50. The van der Waals surface area contributed by atoms with E-state index in [4.69, 9.17) is 4.74 Å². The van der Waals surface area contributed by atoms with Gasteiger partial charge in [0.2, 0.25) is 5.91 Å². The van der Waals surface area contributed by atoms with Crippen molar-refractivity contribution in [2.24, 2.45) is 11.8 Å². The molecule has 2 aromatic rings. The predicted molar refractivity (Wildman–Crippen MR) is 135 cm³/mol. The molecule has 1 aliphatic carbocycles. The second-order valence-corrected chi connectivity index (χ2v) is 10.2. The van der Waals surface area contributed by atoms with Crippen molar-refractivity contribution in [2.45, 2.75) is 50.9 Å². The molecule has 1 amide bonds. The summed E-state index contributed by atoms with van der Waals surface area (Å²) < 4.78 is 7.48. The number of nitrogens with zero attached hydrogens (tertiary/aromatic N) is 3. The highest BCUT2D eigenvalue weighted by Gasteiger charge is 2.56. The number of pyridine rings is 1. The summed E-state index contributed by atoms with van der Waals surface area (Å²) >= 11 is 0. The number of aliphatic hydroxyl groups is 1. The number of aromatic nitrogens is 1. The van der Waals surface area contributed by atoms with E-state index in [1.165, 1.54) is 6.42 Å². The van der Waals surface area contributed by atoms with Crippen LogP contribution in [0.5, 0.6) is 5.75 Å². The minimum Gasteiger partial charge on any atom is -0.496 e. The smallest absolute Gasteiger partial charge is 0.258 e. The standard InChI is InChI=1S/C28H35N3O4/c1-29(2)28(34)25-21(17-32)23-16-31-22(14-13-20(27(31)33)18-9-5-4-6-10-18)26(25)30(23)15-19-11-7-8-12-24(19)35-3/h7-9,11-14,21,23,25-26,32H,4-6,10,15-17H2,1-3H3/t21-,23-,25+,26+/m0/s1. The van der Waals surface area contributed by atoms with Gasteiger partial charge in [0.05, 0.1) is 19.1 Å². The lowest BCUT2D eigenvalue weighted by molar-refractivity contribution is -0.135. The van der Waals surface area contributed by atoms with Crippen LogP contribution in [0.3, 0.4) is 0 Å². The topological polar surface area (TPSA) is 75.0 Å². The number of amides is 1. The summed E-state index contributed by atoms with van der Waals surface area (Å²) in [5, 5.41) is 10.5. The van der Waals surface area contributed by atoms with Crippen molar-refractivity contribution in [1.29, 1.82) is 0 Å². The molecule has 0 saturated carbocycles. The quantitative estimate of drug-likeness (QED) is 0.692. The zero-order valence-corrected chi connectivity index (χ0v) is 20.8. The fraction of sp³-hybridized carbons (Fsp3) is 0.500. The van der Waals surface area contributed by atoms with Crippen LogP contribution in [-0.2, 0) is 17.9 Å². The SMILES string of the molecule is COc1ccccc1CN1[C@@H]2c3ccc(C4=CCCCC4)c(=O)n3C[C@H]1[C@H](CO)[C@H]2C(=O)N(C)C. The summed E-state index contributed by atoms with van der Waals surface area (Å²) in [6.45, 7) is 0.937. The largest absolute Gasteiger partial charge is 0.496 e. The Balaban J connectivity index is 1.62. The molecule has 1 aromatic heterocycles. The summed E-state index contributed by atoms with van der Waals surface area (Å²) in [5.74, 6) is 0.0934. The normalized spacial score (nSPS) is 25.7. The molecule has 0 spiro atoms. The Morgan fingerprint density at radius 1 is 1.17 bits per heavy atom. The highest BCUT2D eigenvalue weighted by atomic mass is 16.5. The first-order chi connectivity index (χ1) is 17.0. The average molecular weight is 478 g/mol. The summed E-state index contributed by atoms with van der Waals surface area (Å²) in [5.41, 5.74) is 3.83. The Morgan fingerprint density at radius 3 is 2.66 bits per heavy atom. The number of allylic oxidation sites excluding steroid dienone is 2. The van der Waals surface area contributed by atoms with E-state index in [1.54, 1.807) is 26.1 Å². The monoisotopic (exact) mass is 477 g/mol. The van der Waals surface area contributed by atoms with Gasteiger partial charge in [-0.1, -0.05) is 24.3 Å². The van der Waals surface area contributed by atoms with Crippen LogP contribution in [0.25, 0.3) is 5.57 Å². The van der Waals surface area contributed by atoms with Gasteiger partial charge in [-0.15, -0.1) is 0 Å². The average Bonchev–Trinajstić information content (AvgIpc) is 3.08. The zero-order chi connectivity index (χ0) is 24.7. The summed E-state index contributed by atoms with van der Waals surface area (Å²) in [4.78, 5) is 31.1. The fourth-order valence-electron chi connectivity index (χ4n) is 6.38. The number of hydrogen-bond donors (Lipinski definition) is 1. The van der Waals surface area contributed by atoms with Gasteiger partial charge in [0, 0.05) is 62.6 Å². The molecule has 2 bridgehead atoms. The maximum Gasteiger partial charge on any atom is 0.258 e. The Labute approximate surface area is 206 Å². The van der Waals surface area contributed by atoms with Crippen LogP contribution >= 0.6 is 0 Å². The first-order valence-corrected chi connectivity index (χ1v) is 12.6. The van der Waals surface area contributed by atoms with Gasteiger partial charge in [-0.25, -0.2) is 0 Å². The first-order valence-electron chi connectivity index (χ1n) is 12.6. The number of hydrogen-bond acceptors (Lipinski definition) is 5. The third-order valence-corrected chi connectivity index (χ3v) is 8.08. The second-order valence-electron chi connectivity index (χ2n) is 10.2. The van der Waals surface area contributed by atoms with Gasteiger partial charge in [0.15, 0.2) is 0 Å². The Hall–Kier alpha value is -2.90. The molecule has 0 unspecified atom stereocenters. The molecule has 0 radical (unpaired) electrons. The van der Waals surface area contributed by atoms with Crippen LogP contribution in [0.1, 0.15) is 48.5 Å². The van der Waals surface area contributed by atoms with Crippen molar-refractivity contribution in [1.82, 2.24) is 14.4 Å². The molecular formula is C28H35N3O4. The molecule has 186 valence electrons. The highest BCUT2D eigenvalue weighted by molar-refractivity contribution is 5.80. The minimum absolute atomic E-state index is 0.0125. The molecule has 1 N–H and O–H groups in total. The molecule has 3 aliphatic rings. The van der Waals surface area contributed by atoms with E-state index in [2.05, 4.69) is 11.0 Å². The Bertz CT molecular complexity index is 1200. The van der Waals surface area contributed by atoms with Gasteiger partial charge in [-0.3, -0.25) is 14.5 Å². The third-order valence-electron chi connectivity index (χ3n) is 8.08. The molecule has 4 atom stereocenters. The lowest BCUT2D eigenvalue weighted by atomic mass is 9.86. The molecule has 1 aromatic carbocycles. The maximum absolute atomic E-state index is 13.7. The van der Waals surface area contributed by atoms with Crippen molar-refractivity contribution >= 4 is 11.5 Å². The fourth-order valence-corrected chi connectivity index (χ4v) is 6.38. The number of ether oxygens (including phenoxy) is 1. The lowest BCUT2D eigenvalue weighted by Crippen LogP contribution is -2.46. The predicted octanol–water partition coefficient (Wildman–Crippen LogP) is 3.07. The summed E-state index contributed by atoms with van der Waals surface area (Å²) in [6, 6.07) is 11.5. The van der Waals surface area contributed by atoms with Crippen LogP contribution in [0, 0.1) is 11.8 Å². The summed E-state index contributed by atoms with van der Waals surface area (Å²) in [7, 11) is 5.18. The van der Waals surface area contributed by atoms with Crippen molar-refractivity contribution in [3.63, 3.8) is 0 Å². The third kappa shape index (κ3) is 4.00. The molecule has 35 heavy (non-hydrogen) atoms. The number of para-hydroxylation sites is 1. The Morgan fingerprint density at radius 2 is 1.97 bits per heavy atom. The number of rotatable bonds is 6. The maximum atomic E-state index is 13.7. The van der Waals surface area contributed by atoms with E-state index in [0.717, 1.165) is 47.4 Å². The van der Waals surface area contributed by atoms with E-state index in [-0.39, 0.29) is 36.1 Å². The summed E-state index contributed by atoms with van der Waals surface area (Å²) in [6.07, 6.45) is 6.43. The van der Waals surface area contributed by atoms with E-state index in [0.29, 0.717) is 13.1 Å². The van der Waals surface area contributed by atoms with Crippen LogP contribution < -0.4 is 10.3 Å².